The predicted molar refractivity (Wildman–Crippen MR) is 327 cm³/mol. The maximum absolute atomic E-state index is 13.9. The molecule has 18 heteroatoms. The summed E-state index contributed by atoms with van der Waals surface area (Å²) in [5.74, 6) is -3.59. The van der Waals surface area contributed by atoms with Crippen molar-refractivity contribution in [3.05, 3.63) is 104 Å². The van der Waals surface area contributed by atoms with Gasteiger partial charge in [-0.3, -0.25) is 19.2 Å². The van der Waals surface area contributed by atoms with Crippen LogP contribution in [0.25, 0.3) is 12.2 Å². The van der Waals surface area contributed by atoms with E-state index in [9.17, 15) is 34.2 Å². The predicted octanol–water partition coefficient (Wildman–Crippen LogP) is 15.5. The number of aliphatic hydroxyl groups excluding tert-OH is 2. The van der Waals surface area contributed by atoms with E-state index in [1.54, 1.807) is 70.3 Å². The Bertz CT molecular complexity index is 2550. The zero-order valence-electron chi connectivity index (χ0n) is 49.7. The number of hydrogen-bond acceptors (Lipinski definition) is 15. The van der Waals surface area contributed by atoms with E-state index in [1.165, 1.54) is 0 Å². The maximum Gasteiger partial charge on any atom is 0.508 e. The number of cyclic esters (lactones) is 1. The Labute approximate surface area is 500 Å². The van der Waals surface area contributed by atoms with Crippen LogP contribution in [0, 0.1) is 54.3 Å². The molecule has 2 aromatic rings. The van der Waals surface area contributed by atoms with Gasteiger partial charge < -0.3 is 29.2 Å². The lowest BCUT2D eigenvalue weighted by Crippen LogP contribution is -2.45. The molecule has 0 fully saturated rings. The van der Waals surface area contributed by atoms with E-state index < -0.39 is 87.6 Å². The van der Waals surface area contributed by atoms with Crippen molar-refractivity contribution in [2.45, 2.75) is 190 Å². The molecular formula is C62H89Cl3N2O11S2. The number of halogens is 3. The van der Waals surface area contributed by atoms with Gasteiger partial charge in [-0.15, -0.1) is 35.8 Å². The Morgan fingerprint density at radius 1 is 0.900 bits per heavy atom. The monoisotopic (exact) mass is 1210 g/mol. The quantitative estimate of drug-likeness (QED) is 0.0552. The van der Waals surface area contributed by atoms with Crippen molar-refractivity contribution < 1.29 is 53.1 Å². The van der Waals surface area contributed by atoms with E-state index in [1.807, 2.05) is 103 Å². The number of aryl methyl sites for hydroxylation is 2. The van der Waals surface area contributed by atoms with E-state index in [2.05, 4.69) is 35.3 Å². The van der Waals surface area contributed by atoms with Gasteiger partial charge in [0.1, 0.15) is 36.5 Å². The third kappa shape index (κ3) is 24.3. The largest absolute Gasteiger partial charge is 0.508 e. The van der Waals surface area contributed by atoms with Crippen LogP contribution in [-0.4, -0.2) is 90.8 Å². The summed E-state index contributed by atoms with van der Waals surface area (Å²) in [6.45, 7) is 34.6. The number of thiazole rings is 2. The minimum Gasteiger partial charge on any atom is -0.457 e. The number of aliphatic hydroxyl groups is 2. The molecule has 80 heavy (non-hydrogen) atoms. The number of aromatic nitrogens is 2. The average molecular weight is 1210 g/mol. The zero-order valence-corrected chi connectivity index (χ0v) is 53.6. The van der Waals surface area contributed by atoms with Crippen LogP contribution in [0.5, 0.6) is 0 Å². The number of carbonyl (C=O) groups excluding carboxylic acids is 5. The van der Waals surface area contributed by atoms with Gasteiger partial charge in [0.25, 0.3) is 0 Å². The molecule has 3 rings (SSSR count). The molecule has 1 aliphatic heterocycles. The second-order valence-electron chi connectivity index (χ2n) is 22.6. The number of hydrogen-bond donors (Lipinski definition) is 2. The first-order chi connectivity index (χ1) is 37.1. The Balaban J connectivity index is 0.000000563. The van der Waals surface area contributed by atoms with Gasteiger partial charge in [-0.05, 0) is 108 Å². The van der Waals surface area contributed by atoms with Crippen LogP contribution in [-0.2, 0) is 38.1 Å². The summed E-state index contributed by atoms with van der Waals surface area (Å²) < 4.78 is 20.5. The number of carbonyl (C=O) groups is 5. The van der Waals surface area contributed by atoms with Gasteiger partial charge in [0.2, 0.25) is 3.79 Å². The van der Waals surface area contributed by atoms with E-state index >= 15 is 0 Å². The van der Waals surface area contributed by atoms with Crippen LogP contribution in [0.2, 0.25) is 0 Å². The third-order valence-electron chi connectivity index (χ3n) is 14.8. The highest BCUT2D eigenvalue weighted by Crippen LogP contribution is 2.38. The third-order valence-corrected chi connectivity index (χ3v) is 16.7. The summed E-state index contributed by atoms with van der Waals surface area (Å²) in [7, 11) is 0. The molecule has 0 radical (unpaired) electrons. The normalized spacial score (nSPS) is 23.2. The molecule has 0 saturated heterocycles. The van der Waals surface area contributed by atoms with Crippen molar-refractivity contribution in [1.82, 2.24) is 9.97 Å². The number of allylic oxidation sites excluding steroid dienone is 6. The smallest absolute Gasteiger partial charge is 0.457 e. The Morgan fingerprint density at radius 3 is 2.05 bits per heavy atom. The summed E-state index contributed by atoms with van der Waals surface area (Å²) in [6, 6.07) is 0. The first-order valence-electron chi connectivity index (χ1n) is 27.3. The number of esters is 2. The summed E-state index contributed by atoms with van der Waals surface area (Å²) >= 11 is 20.2. The highest BCUT2D eigenvalue weighted by Gasteiger charge is 2.44. The van der Waals surface area contributed by atoms with Gasteiger partial charge in [0, 0.05) is 41.4 Å². The molecule has 0 aromatic carbocycles. The molecule has 13 nitrogen and oxygen atoms in total. The zero-order chi connectivity index (χ0) is 60.9. The van der Waals surface area contributed by atoms with Crippen molar-refractivity contribution in [1.29, 1.82) is 0 Å². The number of rotatable bonds is 20. The second-order valence-corrected chi connectivity index (χ2v) is 27.2. The molecule has 0 aliphatic carbocycles. The number of Topliss-reactive ketones (excluding diaryl/α,β-unsaturated/α-hetero) is 2. The van der Waals surface area contributed by atoms with Crippen molar-refractivity contribution in [2.24, 2.45) is 40.4 Å². The van der Waals surface area contributed by atoms with Gasteiger partial charge >= 0.3 is 18.1 Å². The van der Waals surface area contributed by atoms with Crippen LogP contribution >= 0.6 is 57.5 Å². The molecule has 3 heterocycles. The van der Waals surface area contributed by atoms with E-state index in [0.717, 1.165) is 56.5 Å². The molecule has 446 valence electrons. The molecule has 10 atom stereocenters. The standard InChI is InChI=1S/C34H48Cl3NO6S.C28H41NO5S/c1-11-13-21(3)15-16-28(23(5)17-27-19-45-26(8)38-27)43-29(39)18-24(6)33(9,10)31(40)25(7)30(22(4)14-12-2)44-32(41)42-20-34(35,36)37;1-17-10-8-9-11-18(2)26(32)20(4)27(33)28(6,7)24(30)15-25(31)34-23(13-12-17)19(3)14-22-16-35-21(5)29-22/h11-12,15,17,19,22,24-25,28,30H,1-2,13-14,16,18,20H2,3-10H3;8-9,12,14,16,18,20,23-24,26,30,32H,10-11,13,15H2,1-7H3/b21-15-,23-17+;9-8+,17-12-,19-14+/t22-,24-,25+,28-,30-;18-,20+,23-,24-,26-/m00/s1. The van der Waals surface area contributed by atoms with E-state index in [-0.39, 0.29) is 36.2 Å². The number of alkyl halides is 3. The van der Waals surface area contributed by atoms with Gasteiger partial charge in [0.15, 0.2) is 0 Å². The van der Waals surface area contributed by atoms with Crippen LogP contribution in [0.3, 0.4) is 0 Å². The van der Waals surface area contributed by atoms with Crippen molar-refractivity contribution in [2.75, 3.05) is 6.61 Å². The van der Waals surface area contributed by atoms with Crippen LogP contribution in [0.1, 0.15) is 163 Å². The average Bonchev–Trinajstić information content (AvgIpc) is 3.99. The fourth-order valence-corrected chi connectivity index (χ4v) is 10.3. The van der Waals surface area contributed by atoms with Crippen molar-refractivity contribution in [3.8, 4) is 0 Å². The van der Waals surface area contributed by atoms with Gasteiger partial charge in [-0.2, -0.15) is 0 Å². The minimum absolute atomic E-state index is 0.0133. The molecule has 2 N–H and O–H groups in total. The second kappa shape index (κ2) is 33.8. The Morgan fingerprint density at radius 2 is 1.50 bits per heavy atom. The topological polar surface area (TPSA) is 189 Å². The van der Waals surface area contributed by atoms with Gasteiger partial charge in [-0.25, -0.2) is 14.8 Å². The molecule has 0 amide bonds. The Hall–Kier alpha value is -4.22. The number of ketones is 2. The number of nitrogens with zero attached hydrogens (tertiary/aromatic N) is 2. The Kier molecular flexibility index (Phi) is 30.3. The fourth-order valence-electron chi connectivity index (χ4n) is 9.03. The summed E-state index contributed by atoms with van der Waals surface area (Å²) in [5.41, 5.74) is 3.45. The van der Waals surface area contributed by atoms with Crippen molar-refractivity contribution >= 4 is 99.3 Å². The summed E-state index contributed by atoms with van der Waals surface area (Å²) in [6.07, 6.45) is 13.9. The molecule has 0 saturated carbocycles. The summed E-state index contributed by atoms with van der Waals surface area (Å²) in [5, 5.41) is 27.4. The minimum atomic E-state index is -1.80. The van der Waals surface area contributed by atoms with Crippen LogP contribution in [0.15, 0.2) is 82.7 Å². The van der Waals surface area contributed by atoms with Gasteiger partial charge in [0.05, 0.1) is 51.4 Å². The SMILES string of the molecule is C/C1=C/C[C@@H](/C(C)=C/c2csc(C)n2)OC(=O)C[C@H](O)C(C)(C)C(=O)[C@H](C)[C@@H](O)[C@@H](C)C/C=C/C1.C=CC/C(C)=C\C[C@H](OC(=O)C[C@H](C)C(C)(C)C(=O)[C@H](C)[C@@H](OC(=O)OCC(Cl)(Cl)Cl)[C@@H](C)CC=C)/C(C)=C/c1csc(C)n1. The molecule has 1 aliphatic rings. The fraction of sp³-hybridized carbons (Fsp3) is 0.597. The maximum atomic E-state index is 13.9. The summed E-state index contributed by atoms with van der Waals surface area (Å²) in [4.78, 5) is 74.7. The first-order valence-corrected chi connectivity index (χ1v) is 30.2. The number of ether oxygens (including phenoxy) is 4. The lowest BCUT2D eigenvalue weighted by molar-refractivity contribution is -0.154. The first kappa shape index (κ1) is 71.9. The lowest BCUT2D eigenvalue weighted by atomic mass is 9.69. The molecule has 0 bridgehead atoms. The molecule has 2 aromatic heterocycles. The molecule has 0 unspecified atom stereocenters. The highest BCUT2D eigenvalue weighted by molar-refractivity contribution is 7.09. The van der Waals surface area contributed by atoms with Crippen LogP contribution < -0.4 is 0 Å². The van der Waals surface area contributed by atoms with Crippen LogP contribution in [0.4, 0.5) is 4.79 Å². The van der Waals surface area contributed by atoms with E-state index in [0.29, 0.717) is 25.7 Å². The molecule has 0 spiro atoms. The lowest BCUT2D eigenvalue weighted by Gasteiger charge is -2.36. The van der Waals surface area contributed by atoms with Crippen molar-refractivity contribution in [3.63, 3.8) is 0 Å². The van der Waals surface area contributed by atoms with Gasteiger partial charge in [-0.1, -0.05) is 145 Å². The molecular weight excluding hydrogens is 1120 g/mol. The van der Waals surface area contributed by atoms with E-state index in [4.69, 9.17) is 53.8 Å². The highest BCUT2D eigenvalue weighted by atomic mass is 35.6.